The molecule has 0 aliphatic heterocycles. The van der Waals surface area contributed by atoms with E-state index in [0.717, 1.165) is 0 Å². The van der Waals surface area contributed by atoms with Crippen molar-refractivity contribution in [2.24, 2.45) is 0 Å². The van der Waals surface area contributed by atoms with E-state index in [4.69, 9.17) is 11.6 Å². The van der Waals surface area contributed by atoms with Crippen molar-refractivity contribution < 1.29 is 22.5 Å². The van der Waals surface area contributed by atoms with Crippen molar-refractivity contribution in [3.8, 4) is 0 Å². The third-order valence-corrected chi connectivity index (χ3v) is 2.43. The number of aromatic nitrogens is 1. The van der Waals surface area contributed by atoms with Gasteiger partial charge in [0.15, 0.2) is 0 Å². The minimum absolute atomic E-state index is 0.309. The normalized spacial score (nSPS) is 11.4. The molecule has 0 spiro atoms. The van der Waals surface area contributed by atoms with Crippen LogP contribution >= 0.6 is 11.6 Å². The van der Waals surface area contributed by atoms with Crippen LogP contribution in [0.2, 0.25) is 5.02 Å². The first-order valence-electron chi connectivity index (χ1n) is 4.96. The van der Waals surface area contributed by atoms with E-state index in [0.29, 0.717) is 16.9 Å². The first-order chi connectivity index (χ1) is 8.88. The molecule has 0 saturated carbocycles. The van der Waals surface area contributed by atoms with Gasteiger partial charge in [-0.15, -0.1) is 0 Å². The van der Waals surface area contributed by atoms with Crippen molar-refractivity contribution in [1.82, 2.24) is 5.16 Å². The smallest absolute Gasteiger partial charge is 0.351 e. The molecule has 0 fully saturated rings. The average molecular weight is 291 g/mol. The summed E-state index contributed by atoms with van der Waals surface area (Å²) in [5.41, 5.74) is -0.369. The average Bonchev–Trinajstić information content (AvgIpc) is 2.81. The molecular formula is C11H6ClF3N2O2. The van der Waals surface area contributed by atoms with E-state index >= 15 is 0 Å². The minimum Gasteiger partial charge on any atom is -0.351 e. The second-order valence-electron chi connectivity index (χ2n) is 3.53. The summed E-state index contributed by atoms with van der Waals surface area (Å²) in [6.45, 7) is 0. The molecule has 1 heterocycles. The van der Waals surface area contributed by atoms with Crippen LogP contribution in [0, 0.1) is 0 Å². The number of hydrogen-bond donors (Lipinski definition) is 1. The maximum Gasteiger partial charge on any atom is 0.453 e. The van der Waals surface area contributed by atoms with Gasteiger partial charge in [0.05, 0.1) is 6.20 Å². The number of carbonyl (C=O) groups is 1. The third-order valence-electron chi connectivity index (χ3n) is 2.17. The van der Waals surface area contributed by atoms with Gasteiger partial charge < -0.3 is 9.84 Å². The number of carbonyl (C=O) groups excluding carboxylic acids is 1. The van der Waals surface area contributed by atoms with Crippen LogP contribution in [0.1, 0.15) is 16.1 Å². The number of hydrogen-bond acceptors (Lipinski definition) is 3. The second-order valence-corrected chi connectivity index (χ2v) is 3.96. The highest BCUT2D eigenvalue weighted by Crippen LogP contribution is 2.32. The first-order valence-corrected chi connectivity index (χ1v) is 5.34. The van der Waals surface area contributed by atoms with Gasteiger partial charge in [0.1, 0.15) is 5.56 Å². The van der Waals surface area contributed by atoms with Crippen LogP contribution in [0.25, 0.3) is 0 Å². The van der Waals surface area contributed by atoms with Crippen molar-refractivity contribution >= 4 is 23.2 Å². The summed E-state index contributed by atoms with van der Waals surface area (Å²) in [6, 6.07) is 5.91. The molecule has 0 aliphatic rings. The summed E-state index contributed by atoms with van der Waals surface area (Å²) in [5, 5.41) is 5.72. The molecule has 0 aliphatic carbocycles. The third kappa shape index (κ3) is 3.05. The van der Waals surface area contributed by atoms with Gasteiger partial charge in [0.2, 0.25) is 0 Å². The summed E-state index contributed by atoms with van der Waals surface area (Å²) in [4.78, 5) is 11.7. The highest BCUT2D eigenvalue weighted by Gasteiger charge is 2.40. The van der Waals surface area contributed by atoms with Gasteiger partial charge in [0.25, 0.3) is 11.7 Å². The lowest BCUT2D eigenvalue weighted by molar-refractivity contribution is -0.155. The predicted molar refractivity (Wildman–Crippen MR) is 60.9 cm³/mol. The van der Waals surface area contributed by atoms with E-state index in [2.05, 4.69) is 15.0 Å². The van der Waals surface area contributed by atoms with Gasteiger partial charge in [0, 0.05) is 10.7 Å². The molecule has 2 aromatic rings. The van der Waals surface area contributed by atoms with E-state index < -0.39 is 23.4 Å². The number of alkyl halides is 3. The summed E-state index contributed by atoms with van der Waals surface area (Å²) in [6.07, 6.45) is -4.06. The Balaban J connectivity index is 2.21. The van der Waals surface area contributed by atoms with Gasteiger partial charge in [-0.05, 0) is 24.3 Å². The number of halogens is 4. The molecule has 0 radical (unpaired) electrons. The molecule has 100 valence electrons. The van der Waals surface area contributed by atoms with Gasteiger partial charge in [-0.2, -0.15) is 13.2 Å². The number of nitrogens with one attached hydrogen (secondary N) is 1. The Labute approximate surface area is 110 Å². The van der Waals surface area contributed by atoms with E-state index in [-0.39, 0.29) is 0 Å². The molecule has 8 heteroatoms. The Kier molecular flexibility index (Phi) is 3.48. The van der Waals surface area contributed by atoms with E-state index in [9.17, 15) is 18.0 Å². The fraction of sp³-hybridized carbons (Fsp3) is 0.0909. The molecule has 1 aromatic heterocycles. The van der Waals surface area contributed by atoms with Gasteiger partial charge in [-0.25, -0.2) is 0 Å². The molecule has 1 aromatic carbocycles. The molecule has 0 saturated heterocycles. The lowest BCUT2D eigenvalue weighted by atomic mass is 10.2. The SMILES string of the molecule is O=C(Nc1ccc(Cl)cc1)c1cnoc1C(F)(F)F. The van der Waals surface area contributed by atoms with Crippen LogP contribution in [0.3, 0.4) is 0 Å². The maximum atomic E-state index is 12.5. The highest BCUT2D eigenvalue weighted by molar-refractivity contribution is 6.30. The topological polar surface area (TPSA) is 55.1 Å². The van der Waals surface area contributed by atoms with Gasteiger partial charge >= 0.3 is 6.18 Å². The summed E-state index contributed by atoms with van der Waals surface area (Å²) < 4.78 is 41.6. The van der Waals surface area contributed by atoms with E-state index in [1.165, 1.54) is 24.3 Å². The van der Waals surface area contributed by atoms with Crippen LogP contribution < -0.4 is 5.32 Å². The maximum absolute atomic E-state index is 12.5. The lowest BCUT2D eigenvalue weighted by Crippen LogP contribution is -2.16. The summed E-state index contributed by atoms with van der Waals surface area (Å²) >= 11 is 5.65. The first kappa shape index (κ1) is 13.4. The number of nitrogens with zero attached hydrogens (tertiary/aromatic N) is 1. The van der Waals surface area contributed by atoms with Crippen molar-refractivity contribution in [3.05, 3.63) is 46.8 Å². The molecule has 0 bridgehead atoms. The van der Waals surface area contributed by atoms with Crippen LogP contribution in [0.5, 0.6) is 0 Å². The molecule has 0 atom stereocenters. The number of amides is 1. The Morgan fingerprint density at radius 3 is 2.47 bits per heavy atom. The zero-order valence-electron chi connectivity index (χ0n) is 9.16. The summed E-state index contributed by atoms with van der Waals surface area (Å²) in [7, 11) is 0. The quantitative estimate of drug-likeness (QED) is 0.919. The Morgan fingerprint density at radius 1 is 1.26 bits per heavy atom. The Hall–Kier alpha value is -2.02. The number of benzene rings is 1. The van der Waals surface area contributed by atoms with Gasteiger partial charge in [-0.3, -0.25) is 4.79 Å². The zero-order chi connectivity index (χ0) is 14.0. The molecular weight excluding hydrogens is 285 g/mol. The molecule has 2 rings (SSSR count). The predicted octanol–water partition coefficient (Wildman–Crippen LogP) is 3.60. The largest absolute Gasteiger partial charge is 0.453 e. The number of anilines is 1. The van der Waals surface area contributed by atoms with Crippen molar-refractivity contribution in [2.75, 3.05) is 5.32 Å². The lowest BCUT2D eigenvalue weighted by Gasteiger charge is -2.06. The van der Waals surface area contributed by atoms with Crippen LogP contribution in [-0.2, 0) is 6.18 Å². The van der Waals surface area contributed by atoms with Crippen molar-refractivity contribution in [1.29, 1.82) is 0 Å². The van der Waals surface area contributed by atoms with E-state index in [1.807, 2.05) is 0 Å². The highest BCUT2D eigenvalue weighted by atomic mass is 35.5. The minimum atomic E-state index is -4.77. The summed E-state index contributed by atoms with van der Waals surface area (Å²) in [5.74, 6) is -2.39. The van der Waals surface area contributed by atoms with Gasteiger partial charge in [-0.1, -0.05) is 16.8 Å². The molecule has 19 heavy (non-hydrogen) atoms. The van der Waals surface area contributed by atoms with Crippen molar-refractivity contribution in [3.63, 3.8) is 0 Å². The van der Waals surface area contributed by atoms with Crippen LogP contribution in [0.15, 0.2) is 35.0 Å². The molecule has 1 N–H and O–H groups in total. The standard InChI is InChI=1S/C11H6ClF3N2O2/c12-6-1-3-7(4-2-6)17-10(18)8-5-16-19-9(8)11(13,14)15/h1-5H,(H,17,18). The fourth-order valence-corrected chi connectivity index (χ4v) is 1.46. The molecule has 1 amide bonds. The van der Waals surface area contributed by atoms with Crippen molar-refractivity contribution in [2.45, 2.75) is 6.18 Å². The Morgan fingerprint density at radius 2 is 1.89 bits per heavy atom. The number of rotatable bonds is 2. The second kappa shape index (κ2) is 4.93. The molecule has 0 unspecified atom stereocenters. The Bertz CT molecular complexity index is 593. The zero-order valence-corrected chi connectivity index (χ0v) is 9.92. The monoisotopic (exact) mass is 290 g/mol. The van der Waals surface area contributed by atoms with E-state index in [1.54, 1.807) is 0 Å². The fourth-order valence-electron chi connectivity index (χ4n) is 1.34. The molecule has 4 nitrogen and oxygen atoms in total. The van der Waals surface area contributed by atoms with Crippen LogP contribution in [-0.4, -0.2) is 11.1 Å². The van der Waals surface area contributed by atoms with Crippen LogP contribution in [0.4, 0.5) is 18.9 Å².